The lowest BCUT2D eigenvalue weighted by molar-refractivity contribution is -0.121. The van der Waals surface area contributed by atoms with Gasteiger partial charge >= 0.3 is 0 Å². The highest BCUT2D eigenvalue weighted by Gasteiger charge is 2.10. The quantitative estimate of drug-likeness (QED) is 0.479. The number of rotatable bonds is 8. The lowest BCUT2D eigenvalue weighted by atomic mass is 10.1. The van der Waals surface area contributed by atoms with Gasteiger partial charge in [-0.15, -0.1) is 0 Å². The monoisotopic (exact) mass is 416 g/mol. The fraction of sp³-hybridized carbons (Fsp3) is 0.208. The predicted molar refractivity (Wildman–Crippen MR) is 119 cm³/mol. The lowest BCUT2D eigenvalue weighted by Crippen LogP contribution is -2.31. The SMILES string of the molecule is COc1cccc(-c2cc3c(=O)n(CCNC(=O)CCc4ccccc4)ccn3n2)c1. The summed E-state index contributed by atoms with van der Waals surface area (Å²) in [5.41, 5.74) is 3.04. The lowest BCUT2D eigenvalue weighted by Gasteiger charge is -2.08. The summed E-state index contributed by atoms with van der Waals surface area (Å²) in [7, 11) is 1.61. The second-order valence-electron chi connectivity index (χ2n) is 7.22. The van der Waals surface area contributed by atoms with Gasteiger partial charge in [-0.3, -0.25) is 9.59 Å². The van der Waals surface area contributed by atoms with E-state index in [-0.39, 0.29) is 11.5 Å². The molecule has 0 atom stereocenters. The largest absolute Gasteiger partial charge is 0.497 e. The van der Waals surface area contributed by atoms with Crippen LogP contribution in [0.4, 0.5) is 0 Å². The van der Waals surface area contributed by atoms with E-state index in [9.17, 15) is 9.59 Å². The number of carbonyl (C=O) groups excluding carboxylic acids is 1. The number of benzene rings is 2. The molecule has 2 heterocycles. The molecule has 0 aliphatic carbocycles. The van der Waals surface area contributed by atoms with Crippen LogP contribution in [0.1, 0.15) is 12.0 Å². The molecule has 7 heteroatoms. The van der Waals surface area contributed by atoms with Gasteiger partial charge in [-0.05, 0) is 30.2 Å². The Morgan fingerprint density at radius 3 is 2.71 bits per heavy atom. The smallest absolute Gasteiger partial charge is 0.276 e. The first-order valence-electron chi connectivity index (χ1n) is 10.2. The molecule has 2 aromatic carbocycles. The summed E-state index contributed by atoms with van der Waals surface area (Å²) >= 11 is 0. The van der Waals surface area contributed by atoms with Crippen LogP contribution in [0.5, 0.6) is 5.75 Å². The third kappa shape index (κ3) is 4.83. The molecule has 4 aromatic rings. The van der Waals surface area contributed by atoms with Crippen LogP contribution in [0.3, 0.4) is 0 Å². The molecule has 0 aliphatic rings. The first-order valence-corrected chi connectivity index (χ1v) is 10.2. The molecule has 0 fully saturated rings. The van der Waals surface area contributed by atoms with Crippen LogP contribution in [0.15, 0.2) is 77.9 Å². The Balaban J connectivity index is 1.40. The van der Waals surface area contributed by atoms with Gasteiger partial charge in [0.05, 0.1) is 12.8 Å². The van der Waals surface area contributed by atoms with Gasteiger partial charge in [0.2, 0.25) is 5.91 Å². The van der Waals surface area contributed by atoms with Gasteiger partial charge < -0.3 is 14.6 Å². The number of nitrogens with one attached hydrogen (secondary N) is 1. The van der Waals surface area contributed by atoms with Crippen molar-refractivity contribution >= 4 is 11.4 Å². The standard InChI is InChI=1S/C24H24N4O3/c1-31-20-9-5-8-19(16-20)21-17-22-24(30)27(14-15-28(22)26-21)13-12-25-23(29)11-10-18-6-3-2-4-7-18/h2-9,14-17H,10-13H2,1H3,(H,25,29). The summed E-state index contributed by atoms with van der Waals surface area (Å²) < 4.78 is 8.43. The minimum Gasteiger partial charge on any atom is -0.497 e. The van der Waals surface area contributed by atoms with Crippen LogP contribution in [-0.4, -0.2) is 33.7 Å². The van der Waals surface area contributed by atoms with Crippen LogP contribution in [0, 0.1) is 0 Å². The van der Waals surface area contributed by atoms with Crippen molar-refractivity contribution in [3.8, 4) is 17.0 Å². The highest BCUT2D eigenvalue weighted by Crippen LogP contribution is 2.23. The molecule has 1 N–H and O–H groups in total. The van der Waals surface area contributed by atoms with Crippen molar-refractivity contribution in [1.82, 2.24) is 19.5 Å². The number of carbonyl (C=O) groups is 1. The van der Waals surface area contributed by atoms with Gasteiger partial charge in [0.1, 0.15) is 11.3 Å². The number of amides is 1. The molecule has 0 spiro atoms. The van der Waals surface area contributed by atoms with Crippen LogP contribution >= 0.6 is 0 Å². The van der Waals surface area contributed by atoms with Gasteiger partial charge in [-0.25, -0.2) is 4.52 Å². The van der Waals surface area contributed by atoms with Crippen molar-refractivity contribution < 1.29 is 9.53 Å². The molecule has 0 unspecified atom stereocenters. The van der Waals surface area contributed by atoms with Crippen molar-refractivity contribution in [2.75, 3.05) is 13.7 Å². The summed E-state index contributed by atoms with van der Waals surface area (Å²) in [4.78, 5) is 24.9. The van der Waals surface area contributed by atoms with E-state index in [1.807, 2.05) is 54.6 Å². The van der Waals surface area contributed by atoms with Crippen molar-refractivity contribution in [3.63, 3.8) is 0 Å². The van der Waals surface area contributed by atoms with Crippen LogP contribution in [0.2, 0.25) is 0 Å². The zero-order valence-corrected chi connectivity index (χ0v) is 17.3. The van der Waals surface area contributed by atoms with Crippen molar-refractivity contribution in [2.24, 2.45) is 0 Å². The highest BCUT2D eigenvalue weighted by atomic mass is 16.5. The number of hydrogen-bond acceptors (Lipinski definition) is 4. The van der Waals surface area contributed by atoms with Gasteiger partial charge in [-0.1, -0.05) is 42.5 Å². The first kappa shape index (κ1) is 20.4. The third-order valence-electron chi connectivity index (χ3n) is 5.13. The highest BCUT2D eigenvalue weighted by molar-refractivity contribution is 5.76. The Bertz CT molecular complexity index is 1240. The Kier molecular flexibility index (Phi) is 6.12. The van der Waals surface area contributed by atoms with Crippen molar-refractivity contribution in [1.29, 1.82) is 0 Å². The molecule has 4 rings (SSSR count). The van der Waals surface area contributed by atoms with Crippen molar-refractivity contribution in [3.05, 3.63) is 89.0 Å². The maximum atomic E-state index is 12.8. The minimum atomic E-state index is -0.150. The maximum Gasteiger partial charge on any atom is 0.276 e. The normalized spacial score (nSPS) is 10.9. The summed E-state index contributed by atoms with van der Waals surface area (Å²) in [5.74, 6) is 0.706. The van der Waals surface area contributed by atoms with Crippen LogP contribution in [0.25, 0.3) is 16.8 Å². The molecule has 7 nitrogen and oxygen atoms in total. The number of hydrogen-bond donors (Lipinski definition) is 1. The number of methoxy groups -OCH3 is 1. The zero-order valence-electron chi connectivity index (χ0n) is 17.3. The molecule has 0 radical (unpaired) electrons. The minimum absolute atomic E-state index is 0.0253. The summed E-state index contributed by atoms with van der Waals surface area (Å²) in [6.45, 7) is 0.784. The van der Waals surface area contributed by atoms with E-state index in [0.717, 1.165) is 16.9 Å². The molecule has 0 bridgehead atoms. The Hall–Kier alpha value is -3.87. The Morgan fingerprint density at radius 1 is 1.06 bits per heavy atom. The third-order valence-corrected chi connectivity index (χ3v) is 5.13. The summed E-state index contributed by atoms with van der Waals surface area (Å²) in [5, 5.41) is 7.39. The Labute approximate surface area is 179 Å². The van der Waals surface area contributed by atoms with Crippen molar-refractivity contribution in [2.45, 2.75) is 19.4 Å². The molecule has 0 aliphatic heterocycles. The van der Waals surface area contributed by atoms with E-state index < -0.39 is 0 Å². The molecule has 31 heavy (non-hydrogen) atoms. The second-order valence-corrected chi connectivity index (χ2v) is 7.22. The molecule has 0 saturated carbocycles. The van der Waals surface area contributed by atoms with E-state index in [2.05, 4.69) is 10.4 Å². The van der Waals surface area contributed by atoms with E-state index >= 15 is 0 Å². The molecular weight excluding hydrogens is 392 g/mol. The molecular formula is C24H24N4O3. The molecule has 2 aromatic heterocycles. The zero-order chi connectivity index (χ0) is 21.6. The first-order chi connectivity index (χ1) is 15.1. The molecule has 1 amide bonds. The van der Waals surface area contributed by atoms with E-state index in [0.29, 0.717) is 37.1 Å². The van der Waals surface area contributed by atoms with E-state index in [4.69, 9.17) is 4.74 Å². The average molecular weight is 416 g/mol. The fourth-order valence-corrected chi connectivity index (χ4v) is 3.43. The molecule has 158 valence electrons. The van der Waals surface area contributed by atoms with Gasteiger partial charge in [0, 0.05) is 37.5 Å². The van der Waals surface area contributed by atoms with E-state index in [1.165, 1.54) is 0 Å². The predicted octanol–water partition coefficient (Wildman–Crippen LogP) is 2.92. The maximum absolute atomic E-state index is 12.8. The van der Waals surface area contributed by atoms with Gasteiger partial charge in [0.15, 0.2) is 0 Å². The Morgan fingerprint density at radius 2 is 1.90 bits per heavy atom. The number of fused-ring (bicyclic) bond motifs is 1. The number of aromatic nitrogens is 3. The fourth-order valence-electron chi connectivity index (χ4n) is 3.43. The number of nitrogens with zero attached hydrogens (tertiary/aromatic N) is 3. The average Bonchev–Trinajstić information content (AvgIpc) is 3.25. The van der Waals surface area contributed by atoms with Crippen LogP contribution in [-0.2, 0) is 17.8 Å². The topological polar surface area (TPSA) is 77.6 Å². The summed E-state index contributed by atoms with van der Waals surface area (Å²) in [6, 6.07) is 19.2. The summed E-state index contributed by atoms with van der Waals surface area (Å²) in [6.07, 6.45) is 4.55. The number of aryl methyl sites for hydroxylation is 1. The van der Waals surface area contributed by atoms with Crippen LogP contribution < -0.4 is 15.6 Å². The van der Waals surface area contributed by atoms with Gasteiger partial charge in [-0.2, -0.15) is 5.10 Å². The second kappa shape index (κ2) is 9.30. The molecule has 0 saturated heterocycles. The number of ether oxygens (including phenoxy) is 1. The van der Waals surface area contributed by atoms with Gasteiger partial charge in [0.25, 0.3) is 5.56 Å². The van der Waals surface area contributed by atoms with E-state index in [1.54, 1.807) is 34.7 Å².